The zero-order valence-electron chi connectivity index (χ0n) is 11.1. The molecule has 0 atom stereocenters. The van der Waals surface area contributed by atoms with Crippen LogP contribution in [0.15, 0.2) is 42.6 Å². The maximum atomic E-state index is 12.3. The van der Waals surface area contributed by atoms with Crippen LogP contribution in [0.3, 0.4) is 0 Å². The summed E-state index contributed by atoms with van der Waals surface area (Å²) < 4.78 is 41.4. The molecule has 0 fully saturated rings. The van der Waals surface area contributed by atoms with Crippen molar-refractivity contribution in [1.29, 1.82) is 0 Å². The summed E-state index contributed by atoms with van der Waals surface area (Å²) >= 11 is 13.4. The molecule has 2 aromatic rings. The predicted octanol–water partition coefficient (Wildman–Crippen LogP) is 5.31. The minimum Gasteiger partial charge on any atom is -0.744 e. The van der Waals surface area contributed by atoms with E-state index >= 15 is 0 Å². The van der Waals surface area contributed by atoms with E-state index in [0.29, 0.717) is 8.95 Å². The van der Waals surface area contributed by atoms with Gasteiger partial charge in [0.15, 0.2) is 0 Å². The molecule has 0 aliphatic rings. The van der Waals surface area contributed by atoms with E-state index in [1.165, 1.54) is 12.1 Å². The van der Waals surface area contributed by atoms with E-state index in [1.807, 2.05) is 0 Å². The maximum absolute atomic E-state index is 12.3. The van der Waals surface area contributed by atoms with E-state index in [-0.39, 0.29) is 23.3 Å². The lowest BCUT2D eigenvalue weighted by molar-refractivity contribution is 0.0733. The van der Waals surface area contributed by atoms with Crippen LogP contribution < -0.4 is 4.74 Å². The monoisotopic (exact) mass is 763 g/mol. The average molecular weight is 766 g/mol. The van der Waals surface area contributed by atoms with Gasteiger partial charge in [0.05, 0.1) is 10.5 Å². The van der Waals surface area contributed by atoms with E-state index in [9.17, 15) is 17.8 Å². The highest BCUT2D eigenvalue weighted by molar-refractivity contribution is 14.1. The van der Waals surface area contributed by atoms with Gasteiger partial charge in [-0.1, -0.05) is 0 Å². The number of carbonyl (C=O) groups excluding carboxylic acids is 1. The number of carbonyl (C=O) groups is 1. The third kappa shape index (κ3) is 4.71. The first-order valence-electron chi connectivity index (χ1n) is 5.83. The van der Waals surface area contributed by atoms with Gasteiger partial charge in [0.1, 0.15) is 15.9 Å². The van der Waals surface area contributed by atoms with Crippen molar-refractivity contribution in [2.45, 2.75) is 4.90 Å². The van der Waals surface area contributed by atoms with Gasteiger partial charge in [-0.05, 0) is 117 Å². The quantitative estimate of drug-likeness (QED) is 0.139. The second-order valence-corrected chi connectivity index (χ2v) is 10.4. The molecule has 0 aliphatic heterocycles. The van der Waals surface area contributed by atoms with Crippen LogP contribution in [0.5, 0.6) is 5.75 Å². The van der Waals surface area contributed by atoms with Gasteiger partial charge in [0.25, 0.3) is 0 Å². The van der Waals surface area contributed by atoms with Crippen molar-refractivity contribution in [3.05, 3.63) is 50.4 Å². The molecule has 0 unspecified atom stereocenters. The minimum atomic E-state index is -4.60. The second kappa shape index (κ2) is 8.17. The van der Waals surface area contributed by atoms with Crippen LogP contribution in [0.25, 0.3) is 0 Å². The largest absolute Gasteiger partial charge is 0.744 e. The Kier molecular flexibility index (Phi) is 7.15. The van der Waals surface area contributed by atoms with Gasteiger partial charge < -0.3 is 9.29 Å². The molecule has 0 amide bonds. The number of benzene rings is 2. The van der Waals surface area contributed by atoms with Crippen molar-refractivity contribution in [2.75, 3.05) is 0 Å². The topological polar surface area (TPSA) is 83.5 Å². The Morgan fingerprint density at radius 3 is 2.08 bits per heavy atom. The van der Waals surface area contributed by atoms with Crippen LogP contribution in [0.1, 0.15) is 10.4 Å². The molecule has 0 saturated heterocycles. The van der Waals surface area contributed by atoms with Crippen LogP contribution in [0, 0.1) is 7.14 Å². The highest BCUT2D eigenvalue weighted by atomic mass is 127. The summed E-state index contributed by atoms with van der Waals surface area (Å²) in [5.41, 5.74) is 0.288. The molecule has 2 rings (SSSR count). The number of esters is 1. The lowest BCUT2D eigenvalue weighted by Crippen LogP contribution is -2.11. The molecular formula is C13H4Br3I2O5S-. The summed E-state index contributed by atoms with van der Waals surface area (Å²) in [6, 6.07) is 5.92. The van der Waals surface area contributed by atoms with Crippen LogP contribution in [-0.2, 0) is 10.1 Å². The van der Waals surface area contributed by atoms with Crippen molar-refractivity contribution in [3.8, 4) is 5.75 Å². The molecule has 0 radical (unpaired) electrons. The molecule has 5 nitrogen and oxygen atoms in total. The second-order valence-electron chi connectivity index (χ2n) is 4.28. The highest BCUT2D eigenvalue weighted by Crippen LogP contribution is 2.35. The standard InChI is InChI=1S/C13H5Br3I2O5S/c14-7-2-1-6(10(15)11(7)16)13(19)23-5-3-8(17)12(9(18)4-5)24(20,21)22/h1-4H,(H,20,21,22)/p-1. The summed E-state index contributed by atoms with van der Waals surface area (Å²) in [4.78, 5) is 12.0. The van der Waals surface area contributed by atoms with Crippen molar-refractivity contribution in [2.24, 2.45) is 0 Å². The molecule has 0 saturated carbocycles. The van der Waals surface area contributed by atoms with Crippen molar-refractivity contribution in [3.63, 3.8) is 0 Å². The van der Waals surface area contributed by atoms with Gasteiger partial charge in [-0.2, -0.15) is 0 Å². The lowest BCUT2D eigenvalue weighted by Gasteiger charge is -2.14. The average Bonchev–Trinajstić information content (AvgIpc) is 2.42. The first-order chi connectivity index (χ1) is 11.0. The van der Waals surface area contributed by atoms with E-state index in [2.05, 4.69) is 47.8 Å². The lowest BCUT2D eigenvalue weighted by atomic mass is 10.2. The van der Waals surface area contributed by atoms with E-state index in [0.717, 1.165) is 4.47 Å². The smallest absolute Gasteiger partial charge is 0.344 e. The molecule has 0 bridgehead atoms. The summed E-state index contributed by atoms with van der Waals surface area (Å²) in [6.07, 6.45) is 0. The third-order valence-electron chi connectivity index (χ3n) is 2.69. The number of ether oxygens (including phenoxy) is 1. The first-order valence-corrected chi connectivity index (χ1v) is 11.8. The molecule has 0 aromatic heterocycles. The summed E-state index contributed by atoms with van der Waals surface area (Å²) in [5, 5.41) is 0. The van der Waals surface area contributed by atoms with E-state index in [1.54, 1.807) is 57.3 Å². The van der Waals surface area contributed by atoms with E-state index < -0.39 is 16.1 Å². The molecule has 0 aliphatic carbocycles. The van der Waals surface area contributed by atoms with Crippen LogP contribution in [0.4, 0.5) is 0 Å². The van der Waals surface area contributed by atoms with Crippen LogP contribution >= 0.6 is 93.0 Å². The molecule has 0 N–H and O–H groups in total. The number of hydrogen-bond acceptors (Lipinski definition) is 5. The van der Waals surface area contributed by atoms with Crippen molar-refractivity contribution in [1.82, 2.24) is 0 Å². The molecule has 0 heterocycles. The zero-order chi connectivity index (χ0) is 18.2. The number of rotatable bonds is 3. The fraction of sp³-hybridized carbons (Fsp3) is 0. The Morgan fingerprint density at radius 2 is 1.58 bits per heavy atom. The Hall–Kier alpha value is 0.720. The van der Waals surface area contributed by atoms with Gasteiger partial charge in [0.2, 0.25) is 0 Å². The van der Waals surface area contributed by atoms with Gasteiger partial charge >= 0.3 is 5.97 Å². The number of hydrogen-bond donors (Lipinski definition) is 0. The predicted molar refractivity (Wildman–Crippen MR) is 114 cm³/mol. The maximum Gasteiger partial charge on any atom is 0.344 e. The van der Waals surface area contributed by atoms with Crippen LogP contribution in [0.2, 0.25) is 0 Å². The normalized spacial score (nSPS) is 11.4. The molecule has 0 spiro atoms. The minimum absolute atomic E-state index is 0.146. The highest BCUT2D eigenvalue weighted by Gasteiger charge is 2.19. The Labute approximate surface area is 190 Å². The Morgan fingerprint density at radius 1 is 1.04 bits per heavy atom. The SMILES string of the molecule is O=C(Oc1cc(I)c(S(=O)(=O)[O-])c(I)c1)c1ccc(Br)c(Br)c1Br. The molecule has 11 heteroatoms. The fourth-order valence-electron chi connectivity index (χ4n) is 1.68. The first kappa shape index (κ1) is 21.0. The van der Waals surface area contributed by atoms with Gasteiger partial charge in [0, 0.05) is 20.6 Å². The molecule has 2 aromatic carbocycles. The van der Waals surface area contributed by atoms with Gasteiger partial charge in [-0.3, -0.25) is 0 Å². The fourth-order valence-corrected chi connectivity index (χ4v) is 7.05. The Bertz CT molecular complexity index is 924. The summed E-state index contributed by atoms with van der Waals surface area (Å²) in [5.74, 6) is -0.480. The van der Waals surface area contributed by atoms with E-state index in [4.69, 9.17) is 4.74 Å². The molecule has 24 heavy (non-hydrogen) atoms. The van der Waals surface area contributed by atoms with Crippen LogP contribution in [-0.4, -0.2) is 18.9 Å². The third-order valence-corrected chi connectivity index (χ3v) is 9.43. The molecule has 128 valence electrons. The number of halogens is 5. The summed E-state index contributed by atoms with van der Waals surface area (Å²) in [7, 11) is -4.60. The van der Waals surface area contributed by atoms with Crippen molar-refractivity contribution >= 4 is 109 Å². The molecular weight excluding hydrogens is 762 g/mol. The Balaban J connectivity index is 2.39. The zero-order valence-corrected chi connectivity index (χ0v) is 21.0. The summed E-state index contributed by atoms with van der Waals surface area (Å²) in [6.45, 7) is 0. The van der Waals surface area contributed by atoms with Crippen molar-refractivity contribution < 1.29 is 22.5 Å². The van der Waals surface area contributed by atoms with Gasteiger partial charge in [-0.25, -0.2) is 13.2 Å². The van der Waals surface area contributed by atoms with Gasteiger partial charge in [-0.15, -0.1) is 0 Å².